The highest BCUT2D eigenvalue weighted by atomic mass is 19.1. The van der Waals surface area contributed by atoms with Crippen molar-refractivity contribution in [3.8, 4) is 0 Å². The normalized spacial score (nSPS) is 17.4. The van der Waals surface area contributed by atoms with Crippen molar-refractivity contribution in [3.63, 3.8) is 0 Å². The molecule has 3 nitrogen and oxygen atoms in total. The number of ketones is 1. The summed E-state index contributed by atoms with van der Waals surface area (Å²) in [7, 11) is 0. The van der Waals surface area contributed by atoms with E-state index in [2.05, 4.69) is 67.0 Å². The lowest BCUT2D eigenvalue weighted by Gasteiger charge is -2.32. The van der Waals surface area contributed by atoms with Crippen molar-refractivity contribution in [2.75, 3.05) is 26.2 Å². The second kappa shape index (κ2) is 12.8. The molecule has 0 aromatic heterocycles. The van der Waals surface area contributed by atoms with Crippen LogP contribution in [-0.4, -0.2) is 41.8 Å². The van der Waals surface area contributed by atoms with Gasteiger partial charge in [0, 0.05) is 38.2 Å². The second-order valence-electron chi connectivity index (χ2n) is 13.0. The monoisotopic (exact) mass is 540 g/mol. The minimum absolute atomic E-state index is 0.188. The number of piperidine rings is 1. The first-order chi connectivity index (χ1) is 19.2. The number of rotatable bonds is 8. The Morgan fingerprint density at radius 1 is 0.775 bits per heavy atom. The van der Waals surface area contributed by atoms with Gasteiger partial charge < -0.3 is 0 Å². The molecule has 0 bridgehead atoms. The Hall–Kier alpha value is -2.82. The molecule has 3 aromatic rings. The van der Waals surface area contributed by atoms with E-state index in [9.17, 15) is 9.18 Å². The van der Waals surface area contributed by atoms with Crippen LogP contribution < -0.4 is 0 Å². The van der Waals surface area contributed by atoms with Crippen molar-refractivity contribution in [2.24, 2.45) is 5.92 Å². The van der Waals surface area contributed by atoms with Crippen LogP contribution in [0.5, 0.6) is 0 Å². The Balaban J connectivity index is 1.06. The number of carbonyl (C=O) groups is 1. The van der Waals surface area contributed by atoms with Crippen LogP contribution in [0, 0.1) is 11.7 Å². The van der Waals surface area contributed by atoms with E-state index < -0.39 is 0 Å². The summed E-state index contributed by atoms with van der Waals surface area (Å²) in [6.07, 6.45) is 5.95. The second-order valence-corrected chi connectivity index (χ2v) is 13.0. The third kappa shape index (κ3) is 7.67. The molecule has 0 N–H and O–H groups in total. The van der Waals surface area contributed by atoms with Gasteiger partial charge in [-0.1, -0.05) is 69.3 Å². The number of halogens is 1. The molecule has 2 heterocycles. The Labute approximate surface area is 240 Å². The molecular formula is C36H45FN2O. The SMILES string of the molecule is CC(C)(C)c1ccc(CN2CCC(CCC(=O)c3ccc4c(c3)CCN(Cc3ccc(F)cc3)CC4)CC2)cc1. The third-order valence-electron chi connectivity index (χ3n) is 8.96. The molecular weight excluding hydrogens is 495 g/mol. The van der Waals surface area contributed by atoms with Crippen LogP contribution >= 0.6 is 0 Å². The smallest absolute Gasteiger partial charge is 0.162 e. The lowest BCUT2D eigenvalue weighted by Crippen LogP contribution is -2.33. The summed E-state index contributed by atoms with van der Waals surface area (Å²) in [5.41, 5.74) is 7.67. The van der Waals surface area contributed by atoms with Crippen LogP contribution in [0.2, 0.25) is 0 Å². The highest BCUT2D eigenvalue weighted by Crippen LogP contribution is 2.27. The van der Waals surface area contributed by atoms with E-state index in [1.54, 1.807) is 0 Å². The highest BCUT2D eigenvalue weighted by Gasteiger charge is 2.22. The zero-order valence-electron chi connectivity index (χ0n) is 24.6. The van der Waals surface area contributed by atoms with Crippen LogP contribution in [0.3, 0.4) is 0 Å². The van der Waals surface area contributed by atoms with Gasteiger partial charge in [0.05, 0.1) is 0 Å². The zero-order valence-corrected chi connectivity index (χ0v) is 24.6. The topological polar surface area (TPSA) is 23.6 Å². The predicted molar refractivity (Wildman–Crippen MR) is 162 cm³/mol. The Kier molecular flexibility index (Phi) is 9.17. The molecule has 0 atom stereocenters. The van der Waals surface area contributed by atoms with E-state index in [0.717, 1.165) is 69.7 Å². The van der Waals surface area contributed by atoms with Crippen LogP contribution in [0.1, 0.15) is 84.6 Å². The Bertz CT molecular complexity index is 1270. The largest absolute Gasteiger partial charge is 0.299 e. The summed E-state index contributed by atoms with van der Waals surface area (Å²) in [5.74, 6) is 0.744. The van der Waals surface area contributed by atoms with Gasteiger partial charge in [0.25, 0.3) is 0 Å². The molecule has 3 aromatic carbocycles. The molecule has 212 valence electrons. The number of Topliss-reactive ketones (excluding diaryl/α,β-unsaturated/α-hetero) is 1. The highest BCUT2D eigenvalue weighted by molar-refractivity contribution is 5.96. The third-order valence-corrected chi connectivity index (χ3v) is 8.96. The van der Waals surface area contributed by atoms with Crippen molar-refractivity contribution in [1.29, 1.82) is 0 Å². The molecule has 5 rings (SSSR count). The maximum atomic E-state index is 13.3. The zero-order chi connectivity index (χ0) is 28.1. The fourth-order valence-electron chi connectivity index (χ4n) is 6.23. The van der Waals surface area contributed by atoms with Gasteiger partial charge in [-0.05, 0) is 103 Å². The summed E-state index contributed by atoms with van der Waals surface area (Å²) >= 11 is 0. The molecule has 1 saturated heterocycles. The number of benzene rings is 3. The van der Waals surface area contributed by atoms with Gasteiger partial charge in [-0.2, -0.15) is 0 Å². The van der Waals surface area contributed by atoms with Gasteiger partial charge in [0.2, 0.25) is 0 Å². The Morgan fingerprint density at radius 2 is 1.35 bits per heavy atom. The van der Waals surface area contributed by atoms with E-state index in [1.165, 1.54) is 47.2 Å². The molecule has 40 heavy (non-hydrogen) atoms. The van der Waals surface area contributed by atoms with Gasteiger partial charge in [0.1, 0.15) is 5.82 Å². The number of nitrogens with zero attached hydrogens (tertiary/aromatic N) is 2. The summed E-state index contributed by atoms with van der Waals surface area (Å²) in [5, 5.41) is 0. The average Bonchev–Trinajstić information content (AvgIpc) is 3.15. The fourth-order valence-corrected chi connectivity index (χ4v) is 6.23. The van der Waals surface area contributed by atoms with Crippen molar-refractivity contribution in [2.45, 2.75) is 77.8 Å². The Morgan fingerprint density at radius 3 is 1.98 bits per heavy atom. The summed E-state index contributed by atoms with van der Waals surface area (Å²) in [6, 6.07) is 22.3. The number of hydrogen-bond donors (Lipinski definition) is 0. The predicted octanol–water partition coefficient (Wildman–Crippen LogP) is 7.60. The molecule has 0 spiro atoms. The first-order valence-electron chi connectivity index (χ1n) is 15.2. The quantitative estimate of drug-likeness (QED) is 0.275. The summed E-state index contributed by atoms with van der Waals surface area (Å²) in [4.78, 5) is 18.1. The maximum absolute atomic E-state index is 13.3. The summed E-state index contributed by atoms with van der Waals surface area (Å²) in [6.45, 7) is 12.8. The molecule has 0 unspecified atom stereocenters. The van der Waals surface area contributed by atoms with Gasteiger partial charge in [-0.3, -0.25) is 14.6 Å². The van der Waals surface area contributed by atoms with Gasteiger partial charge in [-0.15, -0.1) is 0 Å². The average molecular weight is 541 g/mol. The molecule has 1 fully saturated rings. The van der Waals surface area contributed by atoms with Crippen LogP contribution in [0.4, 0.5) is 4.39 Å². The standard InChI is InChI=1S/C36H45FN2O/c1-36(2,3)33-11-4-28(5-12-33)25-38-20-16-27(17-21-38)8-15-35(40)32-10-9-30-18-22-39(23-19-31(30)24-32)26-29-6-13-34(37)14-7-29/h4-7,9-14,24,27H,8,15-23,25-26H2,1-3H3. The number of likely N-dealkylation sites (tertiary alicyclic amines) is 1. The molecule has 0 amide bonds. The van der Waals surface area contributed by atoms with Gasteiger partial charge in [0.15, 0.2) is 5.78 Å². The minimum Gasteiger partial charge on any atom is -0.299 e. The van der Waals surface area contributed by atoms with Gasteiger partial charge in [-0.25, -0.2) is 4.39 Å². The van der Waals surface area contributed by atoms with E-state index in [1.807, 2.05) is 18.2 Å². The van der Waals surface area contributed by atoms with E-state index in [-0.39, 0.29) is 17.0 Å². The molecule has 0 saturated carbocycles. The van der Waals surface area contributed by atoms with E-state index >= 15 is 0 Å². The van der Waals surface area contributed by atoms with Crippen molar-refractivity contribution >= 4 is 5.78 Å². The van der Waals surface area contributed by atoms with Crippen molar-refractivity contribution < 1.29 is 9.18 Å². The molecule has 4 heteroatoms. The van der Waals surface area contributed by atoms with E-state index in [0.29, 0.717) is 12.3 Å². The van der Waals surface area contributed by atoms with Crippen molar-refractivity contribution in [1.82, 2.24) is 9.80 Å². The molecule has 0 radical (unpaired) electrons. The van der Waals surface area contributed by atoms with Crippen LogP contribution in [0.25, 0.3) is 0 Å². The fraction of sp³-hybridized carbons (Fsp3) is 0.472. The van der Waals surface area contributed by atoms with Crippen LogP contribution in [0.15, 0.2) is 66.7 Å². The molecule has 2 aliphatic heterocycles. The minimum atomic E-state index is -0.188. The van der Waals surface area contributed by atoms with Crippen molar-refractivity contribution in [3.05, 3.63) is 106 Å². The first-order valence-corrected chi connectivity index (χ1v) is 15.2. The van der Waals surface area contributed by atoms with Gasteiger partial charge >= 0.3 is 0 Å². The first kappa shape index (κ1) is 28.7. The number of hydrogen-bond acceptors (Lipinski definition) is 3. The lowest BCUT2D eigenvalue weighted by atomic mass is 9.86. The molecule has 2 aliphatic rings. The number of carbonyl (C=O) groups excluding carboxylic acids is 1. The molecule has 0 aliphatic carbocycles. The number of fused-ring (bicyclic) bond motifs is 1. The maximum Gasteiger partial charge on any atom is 0.162 e. The lowest BCUT2D eigenvalue weighted by molar-refractivity contribution is 0.0961. The van der Waals surface area contributed by atoms with E-state index in [4.69, 9.17) is 0 Å². The summed E-state index contributed by atoms with van der Waals surface area (Å²) < 4.78 is 13.3. The van der Waals surface area contributed by atoms with Crippen LogP contribution in [-0.2, 0) is 31.3 Å².